The number of esters is 1. The van der Waals surface area contributed by atoms with Crippen molar-refractivity contribution in [3.05, 3.63) is 58.1 Å². The summed E-state index contributed by atoms with van der Waals surface area (Å²) in [4.78, 5) is 12.0. The first-order valence-corrected chi connectivity index (χ1v) is 7.42. The van der Waals surface area contributed by atoms with Crippen LogP contribution in [0.3, 0.4) is 0 Å². The third-order valence-electron chi connectivity index (χ3n) is 3.09. The summed E-state index contributed by atoms with van der Waals surface area (Å²) in [6.07, 6.45) is 2.76. The summed E-state index contributed by atoms with van der Waals surface area (Å²) in [6, 6.07) is 3.07. The lowest BCUT2D eigenvalue weighted by molar-refractivity contribution is 0.0518. The van der Waals surface area contributed by atoms with E-state index in [1.165, 1.54) is 24.1 Å². The van der Waals surface area contributed by atoms with Crippen molar-refractivity contribution in [2.24, 2.45) is 0 Å². The molecule has 2 rings (SSSR count). The molecule has 0 aliphatic rings. The lowest BCUT2D eigenvalue weighted by Crippen LogP contribution is -2.09. The Morgan fingerprint density at radius 2 is 2.17 bits per heavy atom. The summed E-state index contributed by atoms with van der Waals surface area (Å²) in [7, 11) is 1.43. The van der Waals surface area contributed by atoms with Crippen molar-refractivity contribution in [1.82, 2.24) is 9.78 Å². The second kappa shape index (κ2) is 7.92. The average Bonchev–Trinajstić information content (AvgIpc) is 2.85. The van der Waals surface area contributed by atoms with Crippen molar-refractivity contribution in [3.8, 4) is 0 Å². The maximum absolute atomic E-state index is 13.8. The molecule has 0 radical (unpaired) electrons. The molecule has 2 aromatic rings. The van der Waals surface area contributed by atoms with Gasteiger partial charge in [0, 0.05) is 11.1 Å². The monoisotopic (exact) mass is 356 g/mol. The summed E-state index contributed by atoms with van der Waals surface area (Å²) >= 11 is 6.22. The topological polar surface area (TPSA) is 53.3 Å². The van der Waals surface area contributed by atoms with Crippen LogP contribution in [0.25, 0.3) is 6.08 Å². The van der Waals surface area contributed by atoms with Gasteiger partial charge in [-0.2, -0.15) is 5.10 Å². The van der Waals surface area contributed by atoms with E-state index in [9.17, 15) is 13.6 Å². The number of benzene rings is 1. The molecule has 0 atom stereocenters. The van der Waals surface area contributed by atoms with E-state index in [2.05, 4.69) is 5.10 Å². The minimum Gasteiger partial charge on any atom is -0.504 e. The standard InChI is InChI=1S/C16H15ClF2N2O3/c1-3-24-16(22)14-12(6-7-23-2)15(17)21(20-14)9-10-8-11(18)4-5-13(10)19/h4-8H,3,9H2,1-2H3. The SMILES string of the molecule is CCOC(=O)c1nn(Cc2cc(F)ccc2F)c(Cl)c1C=COC. The van der Waals surface area contributed by atoms with Crippen LogP contribution in [0, 0.1) is 11.6 Å². The van der Waals surface area contributed by atoms with Gasteiger partial charge in [0.2, 0.25) is 0 Å². The van der Waals surface area contributed by atoms with Crippen molar-refractivity contribution in [2.45, 2.75) is 13.5 Å². The van der Waals surface area contributed by atoms with E-state index in [4.69, 9.17) is 21.1 Å². The Bertz CT molecular complexity index is 775. The van der Waals surface area contributed by atoms with Gasteiger partial charge in [0.1, 0.15) is 16.8 Å². The summed E-state index contributed by atoms with van der Waals surface area (Å²) in [5.41, 5.74) is 0.290. The van der Waals surface area contributed by atoms with Crippen LogP contribution in [0.5, 0.6) is 0 Å². The minimum atomic E-state index is -0.673. The first kappa shape index (κ1) is 17.9. The fraction of sp³-hybridized carbons (Fsp3) is 0.250. The van der Waals surface area contributed by atoms with Gasteiger partial charge in [0.15, 0.2) is 5.69 Å². The molecular weight excluding hydrogens is 342 g/mol. The maximum Gasteiger partial charge on any atom is 0.359 e. The average molecular weight is 357 g/mol. The van der Waals surface area contributed by atoms with Crippen molar-refractivity contribution in [1.29, 1.82) is 0 Å². The van der Waals surface area contributed by atoms with Gasteiger partial charge >= 0.3 is 5.97 Å². The number of ether oxygens (including phenoxy) is 2. The Balaban J connectivity index is 2.45. The van der Waals surface area contributed by atoms with Gasteiger partial charge in [-0.25, -0.2) is 18.3 Å². The molecule has 8 heteroatoms. The van der Waals surface area contributed by atoms with Gasteiger partial charge in [0.05, 0.1) is 26.5 Å². The summed E-state index contributed by atoms with van der Waals surface area (Å²) in [5.74, 6) is -1.86. The van der Waals surface area contributed by atoms with E-state index < -0.39 is 17.6 Å². The molecule has 128 valence electrons. The summed E-state index contributed by atoms with van der Waals surface area (Å²) in [6.45, 7) is 1.67. The van der Waals surface area contributed by atoms with Crippen molar-refractivity contribution in [2.75, 3.05) is 13.7 Å². The minimum absolute atomic E-state index is 0.0352. The molecule has 0 aliphatic carbocycles. The first-order chi connectivity index (χ1) is 11.5. The first-order valence-electron chi connectivity index (χ1n) is 7.04. The van der Waals surface area contributed by atoms with Crippen LogP contribution in [-0.2, 0) is 16.0 Å². The largest absolute Gasteiger partial charge is 0.504 e. The van der Waals surface area contributed by atoms with E-state index in [0.29, 0.717) is 0 Å². The normalized spacial score (nSPS) is 11.0. The van der Waals surface area contributed by atoms with Crippen molar-refractivity contribution in [3.63, 3.8) is 0 Å². The maximum atomic E-state index is 13.8. The number of nitrogens with zero attached hydrogens (tertiary/aromatic N) is 2. The lowest BCUT2D eigenvalue weighted by atomic mass is 10.2. The molecule has 0 saturated heterocycles. The highest BCUT2D eigenvalue weighted by atomic mass is 35.5. The van der Waals surface area contributed by atoms with Crippen LogP contribution in [0.15, 0.2) is 24.5 Å². The van der Waals surface area contributed by atoms with E-state index in [1.807, 2.05) is 0 Å². The van der Waals surface area contributed by atoms with Crippen LogP contribution >= 0.6 is 11.6 Å². The number of hydrogen-bond acceptors (Lipinski definition) is 4. The molecular formula is C16H15ClF2N2O3. The van der Waals surface area contributed by atoms with Gasteiger partial charge in [-0.1, -0.05) is 11.6 Å². The number of carbonyl (C=O) groups excluding carboxylic acids is 1. The summed E-state index contributed by atoms with van der Waals surface area (Å²) < 4.78 is 38.0. The predicted octanol–water partition coefficient (Wildman–Crippen LogP) is 3.66. The zero-order valence-corrected chi connectivity index (χ0v) is 13.8. The molecule has 1 aromatic heterocycles. The predicted molar refractivity (Wildman–Crippen MR) is 84.7 cm³/mol. The van der Waals surface area contributed by atoms with Gasteiger partial charge in [-0.3, -0.25) is 0 Å². The Morgan fingerprint density at radius 3 is 2.83 bits per heavy atom. The zero-order chi connectivity index (χ0) is 17.7. The highest BCUT2D eigenvalue weighted by Gasteiger charge is 2.22. The molecule has 0 aliphatic heterocycles. The van der Waals surface area contributed by atoms with Gasteiger partial charge in [-0.15, -0.1) is 0 Å². The highest BCUT2D eigenvalue weighted by molar-refractivity contribution is 6.31. The van der Waals surface area contributed by atoms with E-state index in [0.717, 1.165) is 18.2 Å². The zero-order valence-electron chi connectivity index (χ0n) is 13.1. The third-order valence-corrected chi connectivity index (χ3v) is 3.49. The molecule has 0 N–H and O–H groups in total. The van der Waals surface area contributed by atoms with Crippen LogP contribution < -0.4 is 0 Å². The number of halogens is 3. The van der Waals surface area contributed by atoms with E-state index >= 15 is 0 Å². The van der Waals surface area contributed by atoms with Crippen molar-refractivity contribution >= 4 is 23.6 Å². The molecule has 1 heterocycles. The quantitative estimate of drug-likeness (QED) is 0.585. The second-order valence-corrected chi connectivity index (χ2v) is 5.06. The van der Waals surface area contributed by atoms with Crippen LogP contribution in [-0.4, -0.2) is 29.5 Å². The van der Waals surface area contributed by atoms with E-state index in [1.54, 1.807) is 6.92 Å². The number of carbonyl (C=O) groups is 1. The molecule has 0 spiro atoms. The Labute approximate surface area is 142 Å². The number of rotatable bonds is 6. The fourth-order valence-corrected chi connectivity index (χ4v) is 2.27. The molecule has 24 heavy (non-hydrogen) atoms. The van der Waals surface area contributed by atoms with Gasteiger partial charge in [0.25, 0.3) is 0 Å². The number of methoxy groups -OCH3 is 1. The number of hydrogen-bond donors (Lipinski definition) is 0. The molecule has 0 amide bonds. The summed E-state index contributed by atoms with van der Waals surface area (Å²) in [5, 5.41) is 4.14. The molecule has 1 aromatic carbocycles. The van der Waals surface area contributed by atoms with Crippen molar-refractivity contribution < 1.29 is 23.0 Å². The number of aromatic nitrogens is 2. The Hall–Kier alpha value is -2.41. The lowest BCUT2D eigenvalue weighted by Gasteiger charge is -2.05. The Morgan fingerprint density at radius 1 is 1.42 bits per heavy atom. The van der Waals surface area contributed by atoms with Crippen LogP contribution in [0.2, 0.25) is 5.15 Å². The van der Waals surface area contributed by atoms with Gasteiger partial charge in [-0.05, 0) is 31.2 Å². The van der Waals surface area contributed by atoms with Crippen LogP contribution in [0.1, 0.15) is 28.5 Å². The third kappa shape index (κ3) is 3.91. The molecule has 0 saturated carbocycles. The second-order valence-electron chi connectivity index (χ2n) is 4.71. The Kier molecular flexibility index (Phi) is 5.92. The van der Waals surface area contributed by atoms with Crippen LogP contribution in [0.4, 0.5) is 8.78 Å². The molecule has 0 bridgehead atoms. The van der Waals surface area contributed by atoms with Gasteiger partial charge < -0.3 is 9.47 Å². The highest BCUT2D eigenvalue weighted by Crippen LogP contribution is 2.24. The van der Waals surface area contributed by atoms with E-state index in [-0.39, 0.29) is 35.1 Å². The smallest absolute Gasteiger partial charge is 0.359 e. The molecule has 0 unspecified atom stereocenters. The molecule has 5 nitrogen and oxygen atoms in total. The fourth-order valence-electron chi connectivity index (χ4n) is 2.02. The molecule has 0 fully saturated rings.